The maximum atomic E-state index is 12.7. The van der Waals surface area contributed by atoms with Crippen LogP contribution in [-0.2, 0) is 4.79 Å². The van der Waals surface area contributed by atoms with Crippen molar-refractivity contribution in [2.75, 3.05) is 31.9 Å². The van der Waals surface area contributed by atoms with Crippen LogP contribution in [0.3, 0.4) is 0 Å². The molecular formula is C19H28ClN3O2. The summed E-state index contributed by atoms with van der Waals surface area (Å²) in [6, 6.07) is 7.18. The Balaban J connectivity index is 0.00000225. The van der Waals surface area contributed by atoms with Gasteiger partial charge in [-0.2, -0.15) is 0 Å². The van der Waals surface area contributed by atoms with Crippen LogP contribution >= 0.6 is 12.4 Å². The zero-order valence-corrected chi connectivity index (χ0v) is 15.6. The third kappa shape index (κ3) is 4.46. The Bertz CT molecular complexity index is 614. The summed E-state index contributed by atoms with van der Waals surface area (Å²) in [6.45, 7) is 5.26. The molecule has 138 valence electrons. The van der Waals surface area contributed by atoms with Crippen molar-refractivity contribution in [3.63, 3.8) is 0 Å². The average molecular weight is 366 g/mol. The van der Waals surface area contributed by atoms with Crippen molar-refractivity contribution >= 4 is 29.9 Å². The van der Waals surface area contributed by atoms with Crippen LogP contribution in [0.4, 0.5) is 5.69 Å². The Morgan fingerprint density at radius 2 is 1.72 bits per heavy atom. The lowest BCUT2D eigenvalue weighted by Crippen LogP contribution is -2.47. The number of rotatable bonds is 2. The lowest BCUT2D eigenvalue weighted by molar-refractivity contribution is -0.138. The molecule has 1 aromatic rings. The SMILES string of the molecule is CC1CCCN(C(=O)C2CCN(C(=O)c3ccccc3N)CC2)C1.Cl. The highest BCUT2D eigenvalue weighted by atomic mass is 35.5. The number of nitrogen functional groups attached to an aromatic ring is 1. The van der Waals surface area contributed by atoms with Gasteiger partial charge in [0.2, 0.25) is 5.91 Å². The van der Waals surface area contributed by atoms with Crippen LogP contribution in [0.1, 0.15) is 43.0 Å². The number of hydrogen-bond acceptors (Lipinski definition) is 3. The van der Waals surface area contributed by atoms with Gasteiger partial charge in [0.25, 0.3) is 5.91 Å². The van der Waals surface area contributed by atoms with Crippen LogP contribution in [0.15, 0.2) is 24.3 Å². The Morgan fingerprint density at radius 3 is 2.36 bits per heavy atom. The van der Waals surface area contributed by atoms with Gasteiger partial charge in [0, 0.05) is 37.8 Å². The van der Waals surface area contributed by atoms with Crippen molar-refractivity contribution in [2.24, 2.45) is 11.8 Å². The van der Waals surface area contributed by atoms with Crippen molar-refractivity contribution in [2.45, 2.75) is 32.6 Å². The number of carbonyl (C=O) groups excluding carboxylic acids is 2. The Labute approximate surface area is 155 Å². The third-order valence-corrected chi connectivity index (χ3v) is 5.29. The summed E-state index contributed by atoms with van der Waals surface area (Å²) in [7, 11) is 0. The lowest BCUT2D eigenvalue weighted by Gasteiger charge is -2.37. The van der Waals surface area contributed by atoms with E-state index in [1.165, 1.54) is 6.42 Å². The van der Waals surface area contributed by atoms with Crippen LogP contribution in [-0.4, -0.2) is 47.8 Å². The van der Waals surface area contributed by atoms with E-state index in [0.717, 1.165) is 32.4 Å². The summed E-state index contributed by atoms with van der Waals surface area (Å²) in [4.78, 5) is 29.2. The average Bonchev–Trinajstić information content (AvgIpc) is 2.61. The number of likely N-dealkylation sites (tertiary alicyclic amines) is 2. The number of nitrogens with zero attached hydrogens (tertiary/aromatic N) is 2. The van der Waals surface area contributed by atoms with Crippen molar-refractivity contribution < 1.29 is 9.59 Å². The van der Waals surface area contributed by atoms with Gasteiger partial charge in [-0.1, -0.05) is 19.1 Å². The highest BCUT2D eigenvalue weighted by Gasteiger charge is 2.32. The first-order valence-corrected chi connectivity index (χ1v) is 8.99. The number of piperidine rings is 2. The first-order chi connectivity index (χ1) is 11.6. The van der Waals surface area contributed by atoms with E-state index in [4.69, 9.17) is 5.73 Å². The molecule has 3 rings (SSSR count). The van der Waals surface area contributed by atoms with Crippen molar-refractivity contribution in [1.29, 1.82) is 0 Å². The predicted octanol–water partition coefficient (Wildman–Crippen LogP) is 2.80. The van der Waals surface area contributed by atoms with E-state index < -0.39 is 0 Å². The van der Waals surface area contributed by atoms with Gasteiger partial charge in [-0.3, -0.25) is 9.59 Å². The molecule has 0 radical (unpaired) electrons. The van der Waals surface area contributed by atoms with E-state index in [2.05, 4.69) is 6.92 Å². The van der Waals surface area contributed by atoms with E-state index in [9.17, 15) is 9.59 Å². The van der Waals surface area contributed by atoms with Crippen LogP contribution in [0.2, 0.25) is 0 Å². The molecule has 5 nitrogen and oxygen atoms in total. The number of benzene rings is 1. The molecule has 2 fully saturated rings. The molecule has 0 saturated carbocycles. The molecule has 0 aliphatic carbocycles. The molecule has 0 bridgehead atoms. The smallest absolute Gasteiger partial charge is 0.255 e. The largest absolute Gasteiger partial charge is 0.398 e. The molecule has 1 aromatic carbocycles. The molecule has 1 unspecified atom stereocenters. The summed E-state index contributed by atoms with van der Waals surface area (Å²) in [6.07, 6.45) is 3.83. The van der Waals surface area contributed by atoms with Crippen LogP contribution in [0.25, 0.3) is 0 Å². The lowest BCUT2D eigenvalue weighted by atomic mass is 9.92. The quantitative estimate of drug-likeness (QED) is 0.819. The minimum absolute atomic E-state index is 0. The number of anilines is 1. The zero-order chi connectivity index (χ0) is 17.1. The Kier molecular flexibility index (Phi) is 6.71. The highest BCUT2D eigenvalue weighted by molar-refractivity contribution is 5.99. The number of para-hydroxylation sites is 1. The van der Waals surface area contributed by atoms with E-state index in [1.54, 1.807) is 12.1 Å². The third-order valence-electron chi connectivity index (χ3n) is 5.29. The molecule has 6 heteroatoms. The number of hydrogen-bond donors (Lipinski definition) is 1. The van der Waals surface area contributed by atoms with E-state index in [-0.39, 0.29) is 30.1 Å². The maximum Gasteiger partial charge on any atom is 0.255 e. The molecule has 2 heterocycles. The fraction of sp³-hybridized carbons (Fsp3) is 0.579. The number of nitrogens with two attached hydrogens (primary N) is 1. The summed E-state index contributed by atoms with van der Waals surface area (Å²) in [5.41, 5.74) is 6.98. The zero-order valence-electron chi connectivity index (χ0n) is 14.8. The maximum absolute atomic E-state index is 12.7. The molecule has 0 aromatic heterocycles. The number of amides is 2. The van der Waals surface area contributed by atoms with Crippen molar-refractivity contribution in [1.82, 2.24) is 9.80 Å². The molecular weight excluding hydrogens is 338 g/mol. The van der Waals surface area contributed by atoms with E-state index in [1.807, 2.05) is 21.9 Å². The second-order valence-corrected chi connectivity index (χ2v) is 7.19. The van der Waals surface area contributed by atoms with Crippen molar-refractivity contribution in [3.8, 4) is 0 Å². The van der Waals surface area contributed by atoms with Gasteiger partial charge in [0.05, 0.1) is 5.56 Å². The number of halogens is 1. The van der Waals surface area contributed by atoms with Gasteiger partial charge in [0.15, 0.2) is 0 Å². The van der Waals surface area contributed by atoms with Crippen LogP contribution < -0.4 is 5.73 Å². The summed E-state index contributed by atoms with van der Waals surface area (Å²) in [5, 5.41) is 0. The molecule has 2 saturated heterocycles. The Morgan fingerprint density at radius 1 is 1.04 bits per heavy atom. The fourth-order valence-electron chi connectivity index (χ4n) is 3.84. The molecule has 2 aliphatic rings. The normalized spacial score (nSPS) is 21.6. The summed E-state index contributed by atoms with van der Waals surface area (Å²) in [5.74, 6) is 0.927. The minimum atomic E-state index is -0.0226. The fourth-order valence-corrected chi connectivity index (χ4v) is 3.84. The van der Waals surface area contributed by atoms with Gasteiger partial charge < -0.3 is 15.5 Å². The highest BCUT2D eigenvalue weighted by Crippen LogP contribution is 2.25. The summed E-state index contributed by atoms with van der Waals surface area (Å²) >= 11 is 0. The van der Waals surface area contributed by atoms with E-state index in [0.29, 0.717) is 30.3 Å². The first kappa shape index (κ1) is 19.6. The molecule has 2 aliphatic heterocycles. The van der Waals surface area contributed by atoms with Gasteiger partial charge in [-0.15, -0.1) is 12.4 Å². The number of carbonyl (C=O) groups is 2. The molecule has 25 heavy (non-hydrogen) atoms. The summed E-state index contributed by atoms with van der Waals surface area (Å²) < 4.78 is 0. The minimum Gasteiger partial charge on any atom is -0.398 e. The van der Waals surface area contributed by atoms with Gasteiger partial charge in [-0.05, 0) is 43.7 Å². The molecule has 0 spiro atoms. The van der Waals surface area contributed by atoms with Crippen LogP contribution in [0, 0.1) is 11.8 Å². The molecule has 1 atom stereocenters. The van der Waals surface area contributed by atoms with Gasteiger partial charge in [-0.25, -0.2) is 0 Å². The topological polar surface area (TPSA) is 66.6 Å². The molecule has 2 amide bonds. The second kappa shape index (κ2) is 8.56. The van der Waals surface area contributed by atoms with Gasteiger partial charge >= 0.3 is 0 Å². The molecule has 2 N–H and O–H groups in total. The van der Waals surface area contributed by atoms with Gasteiger partial charge in [0.1, 0.15) is 0 Å². The van der Waals surface area contributed by atoms with E-state index >= 15 is 0 Å². The predicted molar refractivity (Wildman–Crippen MR) is 102 cm³/mol. The standard InChI is InChI=1S/C19H27N3O2.ClH/c1-14-5-4-10-22(13-14)18(23)15-8-11-21(12-9-15)19(24)16-6-2-3-7-17(16)20;/h2-3,6-7,14-15H,4-5,8-13,20H2,1H3;1H. The monoisotopic (exact) mass is 365 g/mol. The van der Waals surface area contributed by atoms with Crippen LogP contribution in [0.5, 0.6) is 0 Å². The van der Waals surface area contributed by atoms with Crippen molar-refractivity contribution in [3.05, 3.63) is 29.8 Å². The second-order valence-electron chi connectivity index (χ2n) is 7.19. The first-order valence-electron chi connectivity index (χ1n) is 8.99. The Hall–Kier alpha value is -1.75.